The smallest absolute Gasteiger partial charge is 0.404 e. The highest BCUT2D eigenvalue weighted by atomic mass is 35.5. The molecule has 1 saturated heterocycles. The number of ether oxygens (including phenoxy) is 1. The molecule has 2 aromatic rings. The van der Waals surface area contributed by atoms with Crippen LogP contribution in [0.1, 0.15) is 30.9 Å². The average molecular weight is 511 g/mol. The average Bonchev–Trinajstić information content (AvgIpc) is 3.09. The van der Waals surface area contributed by atoms with Gasteiger partial charge in [-0.05, 0) is 55.2 Å². The fourth-order valence-electron chi connectivity index (χ4n) is 3.94. The van der Waals surface area contributed by atoms with Crippen LogP contribution >= 0.6 is 23.2 Å². The molecule has 4 N–H and O–H groups in total. The van der Waals surface area contributed by atoms with Gasteiger partial charge in [0.25, 0.3) is 5.91 Å². The summed E-state index contributed by atoms with van der Waals surface area (Å²) in [6.45, 7) is 2.25. The van der Waals surface area contributed by atoms with Gasteiger partial charge in [-0.3, -0.25) is 14.8 Å². The topological polar surface area (TPSA) is 141 Å². The molecule has 1 aliphatic rings. The Hall–Kier alpha value is -3.08. The fourth-order valence-corrected chi connectivity index (χ4v) is 4.44. The number of aromatic nitrogens is 1. The van der Waals surface area contributed by atoms with Crippen LogP contribution in [0.25, 0.3) is 0 Å². The predicted octanol–water partition coefficient (Wildman–Crippen LogP) is 2.99. The Morgan fingerprint density at radius 1 is 1.24 bits per heavy atom. The second kappa shape index (κ2) is 10.9. The normalized spacial score (nSPS) is 18.5. The number of carbonyl (C=O) groups excluding carboxylic acids is 2. The Morgan fingerprint density at radius 3 is 2.47 bits per heavy atom. The number of likely N-dealkylation sites (tertiary alicyclic amines) is 1. The zero-order chi connectivity index (χ0) is 24.9. The number of hydroxylamine groups is 1. The van der Waals surface area contributed by atoms with Crippen molar-refractivity contribution in [3.8, 4) is 5.75 Å². The van der Waals surface area contributed by atoms with Crippen molar-refractivity contribution in [2.75, 3.05) is 13.1 Å². The summed E-state index contributed by atoms with van der Waals surface area (Å²) in [5.74, 6) is -0.480. The SMILES string of the molecule is CC1(c2ccc(OCc3cc(Cl)nc(Cl)c3)cc2)CCN([C@H](CCNC(=O)O)C(=O)NO)C1=O. The molecule has 10 nitrogen and oxygen atoms in total. The Kier molecular flexibility index (Phi) is 8.19. The lowest BCUT2D eigenvalue weighted by Crippen LogP contribution is -2.50. The molecule has 1 aromatic heterocycles. The van der Waals surface area contributed by atoms with Gasteiger partial charge < -0.3 is 20.1 Å². The minimum atomic E-state index is -1.24. The maximum atomic E-state index is 13.3. The molecule has 0 saturated carbocycles. The summed E-state index contributed by atoms with van der Waals surface area (Å²) in [4.78, 5) is 41.5. The molecule has 2 atom stereocenters. The Bertz CT molecular complexity index is 1050. The van der Waals surface area contributed by atoms with Crippen LogP contribution in [-0.4, -0.2) is 57.2 Å². The van der Waals surface area contributed by atoms with E-state index in [0.29, 0.717) is 12.2 Å². The Morgan fingerprint density at radius 2 is 1.88 bits per heavy atom. The van der Waals surface area contributed by atoms with Crippen molar-refractivity contribution in [2.45, 2.75) is 37.8 Å². The third-order valence-electron chi connectivity index (χ3n) is 5.79. The predicted molar refractivity (Wildman–Crippen MR) is 123 cm³/mol. The van der Waals surface area contributed by atoms with E-state index in [2.05, 4.69) is 10.3 Å². The minimum Gasteiger partial charge on any atom is -0.489 e. The van der Waals surface area contributed by atoms with Crippen LogP contribution in [0.15, 0.2) is 36.4 Å². The molecule has 3 amide bonds. The van der Waals surface area contributed by atoms with Crippen LogP contribution in [0.5, 0.6) is 5.75 Å². The third-order valence-corrected chi connectivity index (χ3v) is 6.18. The van der Waals surface area contributed by atoms with E-state index < -0.39 is 23.5 Å². The van der Waals surface area contributed by atoms with Gasteiger partial charge in [-0.15, -0.1) is 0 Å². The van der Waals surface area contributed by atoms with Gasteiger partial charge in [0.1, 0.15) is 28.7 Å². The maximum Gasteiger partial charge on any atom is 0.404 e. The van der Waals surface area contributed by atoms with Crippen LogP contribution in [0, 0.1) is 0 Å². The number of hydrogen-bond acceptors (Lipinski definition) is 6. The van der Waals surface area contributed by atoms with E-state index >= 15 is 0 Å². The van der Waals surface area contributed by atoms with E-state index in [1.807, 2.05) is 0 Å². The van der Waals surface area contributed by atoms with Crippen LogP contribution in [0.4, 0.5) is 4.79 Å². The number of pyridine rings is 1. The lowest BCUT2D eigenvalue weighted by molar-refractivity contribution is -0.144. The van der Waals surface area contributed by atoms with Crippen molar-refractivity contribution >= 4 is 41.1 Å². The summed E-state index contributed by atoms with van der Waals surface area (Å²) in [7, 11) is 0. The molecular weight excluding hydrogens is 487 g/mol. The van der Waals surface area contributed by atoms with Crippen molar-refractivity contribution < 1.29 is 29.4 Å². The van der Waals surface area contributed by atoms with Gasteiger partial charge in [0.15, 0.2) is 0 Å². The van der Waals surface area contributed by atoms with E-state index in [1.54, 1.807) is 48.8 Å². The number of nitrogens with one attached hydrogen (secondary N) is 2. The maximum absolute atomic E-state index is 13.3. The zero-order valence-electron chi connectivity index (χ0n) is 18.3. The highest BCUT2D eigenvalue weighted by molar-refractivity contribution is 6.32. The number of halogens is 2. The molecule has 0 bridgehead atoms. The monoisotopic (exact) mass is 510 g/mol. The molecular formula is C22H24Cl2N4O6. The fraction of sp³-hybridized carbons (Fsp3) is 0.364. The van der Waals surface area contributed by atoms with Crippen molar-refractivity contribution in [3.05, 3.63) is 57.8 Å². The molecule has 3 rings (SSSR count). The molecule has 1 fully saturated rings. The number of hydrogen-bond donors (Lipinski definition) is 4. The number of amides is 3. The van der Waals surface area contributed by atoms with Gasteiger partial charge in [0.2, 0.25) is 5.91 Å². The molecule has 1 aliphatic heterocycles. The lowest BCUT2D eigenvalue weighted by Gasteiger charge is -2.29. The summed E-state index contributed by atoms with van der Waals surface area (Å²) in [5.41, 5.74) is 2.18. The van der Waals surface area contributed by atoms with Crippen LogP contribution in [-0.2, 0) is 21.6 Å². The van der Waals surface area contributed by atoms with E-state index in [0.717, 1.165) is 11.1 Å². The third kappa shape index (κ3) is 5.88. The largest absolute Gasteiger partial charge is 0.489 e. The molecule has 182 valence electrons. The summed E-state index contributed by atoms with van der Waals surface area (Å²) in [6.07, 6.45) is -0.768. The standard InChI is InChI=1S/C22H24Cl2N4O6/c1-22(7-9-28(20(22)30)16(19(29)27-33)6-8-25-21(31)32)14-2-4-15(5-3-14)34-12-13-10-17(23)26-18(24)11-13/h2-5,10-11,16,25,33H,6-9,12H2,1H3,(H,27,29)(H,31,32)/t16-,22?/m1/s1. The van der Waals surface area contributed by atoms with Crippen molar-refractivity contribution in [1.29, 1.82) is 0 Å². The van der Waals surface area contributed by atoms with Gasteiger partial charge in [0, 0.05) is 13.1 Å². The van der Waals surface area contributed by atoms with Gasteiger partial charge in [-0.25, -0.2) is 15.3 Å². The first-order valence-electron chi connectivity index (χ1n) is 10.4. The van der Waals surface area contributed by atoms with E-state index in [-0.39, 0.29) is 42.3 Å². The Balaban J connectivity index is 1.69. The first-order chi connectivity index (χ1) is 16.1. The number of carboxylic acid groups (broad SMARTS) is 1. The van der Waals surface area contributed by atoms with Crippen LogP contribution in [0.3, 0.4) is 0 Å². The molecule has 2 heterocycles. The highest BCUT2D eigenvalue weighted by Gasteiger charge is 2.47. The van der Waals surface area contributed by atoms with Crippen molar-refractivity contribution in [3.63, 3.8) is 0 Å². The summed E-state index contributed by atoms with van der Waals surface area (Å²) >= 11 is 11.8. The first kappa shape index (κ1) is 25.5. The number of rotatable bonds is 9. The van der Waals surface area contributed by atoms with E-state index in [4.69, 9.17) is 38.3 Å². The Labute approximate surface area is 205 Å². The van der Waals surface area contributed by atoms with E-state index in [1.165, 1.54) is 4.90 Å². The quantitative estimate of drug-likeness (QED) is 0.230. The van der Waals surface area contributed by atoms with E-state index in [9.17, 15) is 14.4 Å². The summed E-state index contributed by atoms with van der Waals surface area (Å²) in [5, 5.41) is 20.6. The summed E-state index contributed by atoms with van der Waals surface area (Å²) in [6, 6.07) is 9.37. The number of nitrogens with zero attached hydrogens (tertiary/aromatic N) is 2. The molecule has 1 unspecified atom stereocenters. The number of carbonyl (C=O) groups is 3. The molecule has 0 aliphatic carbocycles. The molecule has 0 radical (unpaired) electrons. The van der Waals surface area contributed by atoms with Crippen molar-refractivity contribution in [1.82, 2.24) is 20.7 Å². The first-order valence-corrected chi connectivity index (χ1v) is 11.2. The molecule has 0 spiro atoms. The van der Waals surface area contributed by atoms with Crippen molar-refractivity contribution in [2.24, 2.45) is 0 Å². The summed E-state index contributed by atoms with van der Waals surface area (Å²) < 4.78 is 5.77. The second-order valence-corrected chi connectivity index (χ2v) is 8.80. The lowest BCUT2D eigenvalue weighted by atomic mass is 9.81. The van der Waals surface area contributed by atoms with Crippen LogP contribution in [0.2, 0.25) is 10.3 Å². The zero-order valence-corrected chi connectivity index (χ0v) is 19.8. The van der Waals surface area contributed by atoms with Gasteiger partial charge >= 0.3 is 6.09 Å². The highest BCUT2D eigenvalue weighted by Crippen LogP contribution is 2.37. The number of benzene rings is 1. The second-order valence-electron chi connectivity index (χ2n) is 8.03. The van der Waals surface area contributed by atoms with Gasteiger partial charge in [0.05, 0.1) is 5.41 Å². The van der Waals surface area contributed by atoms with Gasteiger partial charge in [-0.1, -0.05) is 35.3 Å². The molecule has 1 aromatic carbocycles. The van der Waals surface area contributed by atoms with Crippen LogP contribution < -0.4 is 15.5 Å². The van der Waals surface area contributed by atoms with Gasteiger partial charge in [-0.2, -0.15) is 0 Å². The molecule has 12 heteroatoms. The molecule has 34 heavy (non-hydrogen) atoms. The minimum absolute atomic E-state index is 0.0241.